The van der Waals surface area contributed by atoms with Gasteiger partial charge in [-0.15, -0.1) is 0 Å². The van der Waals surface area contributed by atoms with Gasteiger partial charge in [0.05, 0.1) is 6.10 Å². The summed E-state index contributed by atoms with van der Waals surface area (Å²) in [6, 6.07) is -0.870. The molecule has 5 nitrogen and oxygen atoms in total. The van der Waals surface area contributed by atoms with E-state index in [1.54, 1.807) is 19.1 Å². The number of carbonyl (C=O) groups is 3. The molecule has 170 valence electrons. The third-order valence-electron chi connectivity index (χ3n) is 8.71. The van der Waals surface area contributed by atoms with Crippen LogP contribution in [0.3, 0.4) is 0 Å². The molecule has 0 spiro atoms. The molecule has 0 aromatic heterocycles. The third-order valence-corrected chi connectivity index (χ3v) is 9.41. The summed E-state index contributed by atoms with van der Waals surface area (Å²) in [5, 5.41) is 11.0. The zero-order valence-corrected chi connectivity index (χ0v) is 19.2. The van der Waals surface area contributed by atoms with E-state index < -0.39 is 39.6 Å². The zero-order chi connectivity index (χ0) is 22.6. The van der Waals surface area contributed by atoms with Crippen LogP contribution in [-0.4, -0.2) is 39.7 Å². The number of ketones is 1. The van der Waals surface area contributed by atoms with Crippen LogP contribution in [0.25, 0.3) is 0 Å². The molecule has 4 rings (SSSR count). The number of aliphatic hydroxyl groups is 1. The maximum Gasteiger partial charge on any atom is 0.306 e. The second-order valence-electron chi connectivity index (χ2n) is 9.95. The van der Waals surface area contributed by atoms with Crippen LogP contribution >= 0.6 is 11.8 Å². The average Bonchev–Trinajstić information content (AvgIpc) is 3.01. The van der Waals surface area contributed by atoms with Crippen molar-refractivity contribution in [2.24, 2.45) is 28.6 Å². The first kappa shape index (κ1) is 22.7. The summed E-state index contributed by atoms with van der Waals surface area (Å²) in [4.78, 5) is 37.5. The predicted octanol–water partition coefficient (Wildman–Crippen LogP) is 4.14. The highest BCUT2D eigenvalue weighted by molar-refractivity contribution is 8.13. The van der Waals surface area contributed by atoms with E-state index in [-0.39, 0.29) is 30.0 Å². The van der Waals surface area contributed by atoms with Crippen LogP contribution in [0.2, 0.25) is 0 Å². The molecule has 3 saturated carbocycles. The largest absolute Gasteiger partial charge is 0.449 e. The maximum absolute atomic E-state index is 13.2. The molecule has 0 radical (unpaired) electrons. The predicted molar refractivity (Wildman–Crippen MR) is 116 cm³/mol. The van der Waals surface area contributed by atoms with Crippen LogP contribution in [0, 0.1) is 28.6 Å². The van der Waals surface area contributed by atoms with Crippen LogP contribution < -0.4 is 0 Å². The van der Waals surface area contributed by atoms with Gasteiger partial charge in [-0.2, -0.15) is 0 Å². The molecule has 0 aromatic carbocycles. The van der Waals surface area contributed by atoms with Gasteiger partial charge in [-0.25, -0.2) is 4.39 Å². The Kier molecular flexibility index (Phi) is 5.74. The average molecular weight is 451 g/mol. The Balaban J connectivity index is 1.75. The summed E-state index contributed by atoms with van der Waals surface area (Å²) >= 11 is 0.560. The second-order valence-corrected chi connectivity index (χ2v) is 10.8. The third kappa shape index (κ3) is 3.17. The Labute approximate surface area is 186 Å². The summed E-state index contributed by atoms with van der Waals surface area (Å²) in [5.41, 5.74) is -1.51. The van der Waals surface area contributed by atoms with E-state index in [0.717, 1.165) is 18.4 Å². The van der Waals surface area contributed by atoms with E-state index >= 15 is 0 Å². The minimum absolute atomic E-state index is 0.0127. The molecule has 0 heterocycles. The summed E-state index contributed by atoms with van der Waals surface area (Å²) in [6.07, 6.45) is 7.59. The summed E-state index contributed by atoms with van der Waals surface area (Å²) in [5.74, 6) is -0.364. The number of thioether (sulfide) groups is 1. The first-order valence-corrected chi connectivity index (χ1v) is 12.2. The highest BCUT2D eigenvalue weighted by atomic mass is 32.2. The van der Waals surface area contributed by atoms with Crippen molar-refractivity contribution in [1.82, 2.24) is 0 Å². The number of esters is 1. The summed E-state index contributed by atoms with van der Waals surface area (Å²) in [6.45, 7) is 5.71. The minimum Gasteiger partial charge on any atom is -0.449 e. The fourth-order valence-electron chi connectivity index (χ4n) is 7.29. The molecular weight excluding hydrogens is 419 g/mol. The van der Waals surface area contributed by atoms with E-state index in [2.05, 4.69) is 6.92 Å². The van der Waals surface area contributed by atoms with Crippen LogP contribution in [-0.2, 0) is 19.1 Å². The first-order chi connectivity index (χ1) is 14.6. The number of fused-ring (bicyclic) bond motifs is 5. The van der Waals surface area contributed by atoms with Crippen molar-refractivity contribution in [1.29, 1.82) is 0 Å². The van der Waals surface area contributed by atoms with Crippen molar-refractivity contribution in [3.05, 3.63) is 23.8 Å². The number of hydrogen-bond donors (Lipinski definition) is 1. The van der Waals surface area contributed by atoms with Crippen molar-refractivity contribution in [3.8, 4) is 0 Å². The molecule has 4 aliphatic rings. The lowest BCUT2D eigenvalue weighted by atomic mass is 9.46. The van der Waals surface area contributed by atoms with E-state index in [9.17, 15) is 23.9 Å². The maximum atomic E-state index is 13.2. The number of rotatable bonds is 4. The van der Waals surface area contributed by atoms with Gasteiger partial charge in [0.25, 0.3) is 0 Å². The van der Waals surface area contributed by atoms with Gasteiger partial charge in [0.1, 0.15) is 6.01 Å². The molecule has 0 aromatic rings. The molecule has 3 fully saturated rings. The van der Waals surface area contributed by atoms with E-state index in [1.165, 1.54) is 0 Å². The smallest absolute Gasteiger partial charge is 0.306 e. The molecule has 4 aliphatic carbocycles. The standard InChI is InChI=1S/C24H31FO5S/c1-4-19(28)30-24(21(29)31-13-25)10-8-17-16-6-5-14-11-15(26)7-9-22(14,2)20(16)18(27)12-23(17,24)3/h7,9,11,16-18,20,27H,4-6,8,10,12-13H2,1-3H3/t16-,17-,18-,20+,22-,23-,24-/m0/s1. The van der Waals surface area contributed by atoms with Crippen molar-refractivity contribution < 1.29 is 28.6 Å². The van der Waals surface area contributed by atoms with Gasteiger partial charge >= 0.3 is 5.97 Å². The molecule has 0 amide bonds. The van der Waals surface area contributed by atoms with Gasteiger partial charge in [-0.3, -0.25) is 14.4 Å². The topological polar surface area (TPSA) is 80.7 Å². The number of alkyl halides is 1. The Morgan fingerprint density at radius 3 is 2.74 bits per heavy atom. The van der Waals surface area contributed by atoms with Crippen molar-refractivity contribution >= 4 is 28.6 Å². The molecule has 31 heavy (non-hydrogen) atoms. The number of allylic oxidation sites excluding steroid dienone is 4. The van der Waals surface area contributed by atoms with Crippen molar-refractivity contribution in [3.63, 3.8) is 0 Å². The van der Waals surface area contributed by atoms with Crippen molar-refractivity contribution in [2.75, 3.05) is 6.01 Å². The van der Waals surface area contributed by atoms with E-state index in [0.29, 0.717) is 31.0 Å². The van der Waals surface area contributed by atoms with E-state index in [4.69, 9.17) is 4.74 Å². The van der Waals surface area contributed by atoms with E-state index in [1.807, 2.05) is 13.0 Å². The summed E-state index contributed by atoms with van der Waals surface area (Å²) in [7, 11) is 0. The van der Waals surface area contributed by atoms with Gasteiger partial charge in [-0.1, -0.05) is 32.4 Å². The second kappa shape index (κ2) is 7.84. The number of halogens is 1. The summed E-state index contributed by atoms with van der Waals surface area (Å²) < 4.78 is 19.0. The zero-order valence-electron chi connectivity index (χ0n) is 18.4. The van der Waals surface area contributed by atoms with Crippen LogP contribution in [0.1, 0.15) is 59.3 Å². The Hall–Kier alpha value is -1.47. The lowest BCUT2D eigenvalue weighted by molar-refractivity contribution is -0.194. The Bertz CT molecular complexity index is 868. The molecule has 0 bridgehead atoms. The molecule has 1 N–H and O–H groups in total. The van der Waals surface area contributed by atoms with Crippen molar-refractivity contribution in [2.45, 2.75) is 71.0 Å². The lowest BCUT2D eigenvalue weighted by Crippen LogP contribution is -2.62. The first-order valence-electron chi connectivity index (χ1n) is 11.2. The fraction of sp³-hybridized carbons (Fsp3) is 0.708. The van der Waals surface area contributed by atoms with Crippen LogP contribution in [0.15, 0.2) is 23.8 Å². The minimum atomic E-state index is -1.41. The highest BCUT2D eigenvalue weighted by Crippen LogP contribution is 2.68. The number of aliphatic hydroxyl groups excluding tert-OH is 1. The SMILES string of the molecule is CCC(=O)O[C@]1(C(=O)SCF)CC[C@H]2[C@@H]3CCC4=CC(=O)C=C[C@]4(C)[C@H]3[C@@H](O)C[C@@]21C. The fourth-order valence-corrected chi connectivity index (χ4v) is 8.00. The van der Waals surface area contributed by atoms with Gasteiger partial charge in [0.15, 0.2) is 11.4 Å². The van der Waals surface area contributed by atoms with Crippen LogP contribution in [0.5, 0.6) is 0 Å². The quantitative estimate of drug-likeness (QED) is 0.649. The van der Waals surface area contributed by atoms with Gasteiger partial charge in [-0.05, 0) is 67.9 Å². The number of hydrogen-bond acceptors (Lipinski definition) is 6. The lowest BCUT2D eigenvalue weighted by Gasteiger charge is -2.59. The number of ether oxygens (including phenoxy) is 1. The molecular formula is C24H31FO5S. The molecule has 0 saturated heterocycles. The Morgan fingerprint density at radius 1 is 1.32 bits per heavy atom. The number of carbonyl (C=O) groups excluding carboxylic acids is 3. The molecule has 7 heteroatoms. The monoisotopic (exact) mass is 450 g/mol. The van der Waals surface area contributed by atoms with Gasteiger partial charge in [0.2, 0.25) is 5.12 Å². The Morgan fingerprint density at radius 2 is 2.06 bits per heavy atom. The normalized spacial score (nSPS) is 43.5. The molecule has 0 aliphatic heterocycles. The highest BCUT2D eigenvalue weighted by Gasteiger charge is 2.70. The molecule has 7 atom stereocenters. The van der Waals surface area contributed by atoms with Gasteiger partial charge < -0.3 is 9.84 Å². The molecule has 0 unspecified atom stereocenters. The van der Waals surface area contributed by atoms with Gasteiger partial charge in [0, 0.05) is 23.2 Å². The van der Waals surface area contributed by atoms with Crippen LogP contribution in [0.4, 0.5) is 4.39 Å².